The standard InChI is InChI=1S/C23H31N7O.HI/c1-24-23(30-17-13-28(14-18-30)21-9-5-6-10-25-21)26-19-22(31)29-15-11-27(12-16-29)20-7-3-2-4-8-20;/h2-10H,11-19H2,1H3,(H,24,26);1H. The lowest BCUT2D eigenvalue weighted by atomic mass is 10.2. The molecular weight excluding hydrogens is 517 g/mol. The SMILES string of the molecule is CN=C(NCC(=O)N1CCN(c2ccccc2)CC1)N1CCN(c2ccccn2)CC1.I. The first-order valence-electron chi connectivity index (χ1n) is 10.9. The van der Waals surface area contributed by atoms with E-state index in [1.165, 1.54) is 5.69 Å². The Morgan fingerprint density at radius 1 is 0.875 bits per heavy atom. The molecule has 2 aromatic rings. The van der Waals surface area contributed by atoms with E-state index in [-0.39, 0.29) is 36.4 Å². The first kappa shape index (κ1) is 24.1. The number of nitrogens with one attached hydrogen (secondary N) is 1. The summed E-state index contributed by atoms with van der Waals surface area (Å²) in [5.74, 6) is 1.92. The number of aromatic nitrogens is 1. The summed E-state index contributed by atoms with van der Waals surface area (Å²) < 4.78 is 0. The molecule has 1 amide bonds. The molecule has 3 heterocycles. The van der Waals surface area contributed by atoms with Crippen LogP contribution in [-0.4, -0.2) is 92.6 Å². The number of para-hydroxylation sites is 1. The van der Waals surface area contributed by atoms with Crippen molar-refractivity contribution in [3.8, 4) is 0 Å². The molecule has 32 heavy (non-hydrogen) atoms. The van der Waals surface area contributed by atoms with Crippen molar-refractivity contribution in [2.45, 2.75) is 0 Å². The van der Waals surface area contributed by atoms with Gasteiger partial charge < -0.3 is 24.9 Å². The highest BCUT2D eigenvalue weighted by atomic mass is 127. The fourth-order valence-corrected chi connectivity index (χ4v) is 4.14. The lowest BCUT2D eigenvalue weighted by Gasteiger charge is -2.38. The summed E-state index contributed by atoms with van der Waals surface area (Å²) in [5, 5.41) is 3.27. The van der Waals surface area contributed by atoms with Gasteiger partial charge in [0.25, 0.3) is 0 Å². The Labute approximate surface area is 207 Å². The minimum Gasteiger partial charge on any atom is -0.368 e. The van der Waals surface area contributed by atoms with Crippen LogP contribution in [0.25, 0.3) is 0 Å². The fraction of sp³-hybridized carbons (Fsp3) is 0.435. The third-order valence-electron chi connectivity index (χ3n) is 5.92. The van der Waals surface area contributed by atoms with Crippen molar-refractivity contribution in [3.63, 3.8) is 0 Å². The highest BCUT2D eigenvalue weighted by Crippen LogP contribution is 2.16. The van der Waals surface area contributed by atoms with Crippen molar-refractivity contribution in [1.29, 1.82) is 0 Å². The number of anilines is 2. The molecule has 4 rings (SSSR count). The normalized spacial score (nSPS) is 17.1. The Morgan fingerprint density at radius 2 is 1.50 bits per heavy atom. The van der Waals surface area contributed by atoms with E-state index >= 15 is 0 Å². The maximum absolute atomic E-state index is 12.7. The van der Waals surface area contributed by atoms with E-state index in [2.05, 4.69) is 54.3 Å². The van der Waals surface area contributed by atoms with Crippen LogP contribution in [0.2, 0.25) is 0 Å². The minimum atomic E-state index is 0. The second-order valence-corrected chi connectivity index (χ2v) is 7.77. The molecule has 0 atom stereocenters. The topological polar surface area (TPSA) is 67.3 Å². The third-order valence-corrected chi connectivity index (χ3v) is 5.92. The van der Waals surface area contributed by atoms with Crippen LogP contribution < -0.4 is 15.1 Å². The Balaban J connectivity index is 0.00000289. The Bertz CT molecular complexity index is 864. The molecule has 2 saturated heterocycles. The number of halogens is 1. The number of hydrogen-bond donors (Lipinski definition) is 1. The number of rotatable bonds is 4. The van der Waals surface area contributed by atoms with Crippen LogP contribution in [-0.2, 0) is 4.79 Å². The first-order chi connectivity index (χ1) is 15.2. The molecule has 2 fully saturated rings. The summed E-state index contributed by atoms with van der Waals surface area (Å²) >= 11 is 0. The number of amides is 1. The van der Waals surface area contributed by atoms with E-state index in [0.29, 0.717) is 0 Å². The van der Waals surface area contributed by atoms with Gasteiger partial charge in [0.05, 0.1) is 6.54 Å². The predicted molar refractivity (Wildman–Crippen MR) is 140 cm³/mol. The lowest BCUT2D eigenvalue weighted by molar-refractivity contribution is -0.130. The minimum absolute atomic E-state index is 0. The average Bonchev–Trinajstić information content (AvgIpc) is 2.86. The zero-order valence-electron chi connectivity index (χ0n) is 18.6. The van der Waals surface area contributed by atoms with Crippen LogP contribution in [0.3, 0.4) is 0 Å². The van der Waals surface area contributed by atoms with Crippen molar-refractivity contribution in [2.24, 2.45) is 4.99 Å². The van der Waals surface area contributed by atoms with Crippen molar-refractivity contribution in [3.05, 3.63) is 54.7 Å². The van der Waals surface area contributed by atoms with Crippen molar-refractivity contribution >= 4 is 47.3 Å². The Morgan fingerprint density at radius 3 is 2.12 bits per heavy atom. The van der Waals surface area contributed by atoms with Crippen molar-refractivity contribution < 1.29 is 4.79 Å². The smallest absolute Gasteiger partial charge is 0.242 e. The molecule has 0 saturated carbocycles. The lowest BCUT2D eigenvalue weighted by Crippen LogP contribution is -2.55. The van der Waals surface area contributed by atoms with Gasteiger partial charge in [-0.3, -0.25) is 9.79 Å². The quantitative estimate of drug-likeness (QED) is 0.356. The van der Waals surface area contributed by atoms with Gasteiger partial charge in [0.2, 0.25) is 5.91 Å². The van der Waals surface area contributed by atoms with Gasteiger partial charge in [-0.25, -0.2) is 4.98 Å². The van der Waals surface area contributed by atoms with E-state index in [4.69, 9.17) is 0 Å². The first-order valence-corrected chi connectivity index (χ1v) is 10.9. The summed E-state index contributed by atoms with van der Waals surface area (Å²) in [5.41, 5.74) is 1.22. The van der Waals surface area contributed by atoms with Gasteiger partial charge in [-0.15, -0.1) is 24.0 Å². The fourth-order valence-electron chi connectivity index (χ4n) is 4.14. The Kier molecular flexibility index (Phi) is 8.95. The molecule has 1 N–H and O–H groups in total. The number of aliphatic imine (C=N–C) groups is 1. The molecule has 0 aliphatic carbocycles. The van der Waals surface area contributed by atoms with Gasteiger partial charge in [-0.05, 0) is 24.3 Å². The molecule has 8 nitrogen and oxygen atoms in total. The van der Waals surface area contributed by atoms with Gasteiger partial charge >= 0.3 is 0 Å². The average molecular weight is 549 g/mol. The monoisotopic (exact) mass is 549 g/mol. The number of carbonyl (C=O) groups is 1. The maximum atomic E-state index is 12.7. The number of guanidine groups is 1. The van der Waals surface area contributed by atoms with E-state index in [1.54, 1.807) is 7.05 Å². The number of nitrogens with zero attached hydrogens (tertiary/aromatic N) is 6. The van der Waals surface area contributed by atoms with Gasteiger partial charge in [0, 0.05) is 71.3 Å². The number of pyridine rings is 1. The highest BCUT2D eigenvalue weighted by molar-refractivity contribution is 14.0. The predicted octanol–water partition coefficient (Wildman–Crippen LogP) is 1.75. The summed E-state index contributed by atoms with van der Waals surface area (Å²) in [6.45, 7) is 6.95. The number of benzene rings is 1. The summed E-state index contributed by atoms with van der Waals surface area (Å²) in [7, 11) is 1.77. The van der Waals surface area contributed by atoms with Crippen LogP contribution in [0, 0.1) is 0 Å². The second kappa shape index (κ2) is 11.9. The summed E-state index contributed by atoms with van der Waals surface area (Å²) in [6.07, 6.45) is 1.83. The number of hydrogen-bond acceptors (Lipinski definition) is 5. The molecular formula is C23H32IN7O. The molecule has 2 aliphatic rings. The van der Waals surface area contributed by atoms with Gasteiger partial charge in [0.1, 0.15) is 5.82 Å². The molecule has 9 heteroatoms. The van der Waals surface area contributed by atoms with E-state index in [0.717, 1.165) is 64.1 Å². The Hall–Kier alpha value is -2.56. The number of carbonyl (C=O) groups excluding carboxylic acids is 1. The maximum Gasteiger partial charge on any atom is 0.242 e. The molecule has 1 aromatic heterocycles. The van der Waals surface area contributed by atoms with Crippen LogP contribution in [0.1, 0.15) is 0 Å². The van der Waals surface area contributed by atoms with Gasteiger partial charge in [0.15, 0.2) is 5.96 Å². The number of piperazine rings is 2. The van der Waals surface area contributed by atoms with Crippen molar-refractivity contribution in [2.75, 3.05) is 75.8 Å². The molecule has 2 aliphatic heterocycles. The van der Waals surface area contributed by atoms with Crippen LogP contribution in [0.4, 0.5) is 11.5 Å². The summed E-state index contributed by atoms with van der Waals surface area (Å²) in [4.78, 5) is 30.3. The van der Waals surface area contributed by atoms with Crippen molar-refractivity contribution in [1.82, 2.24) is 20.1 Å². The van der Waals surface area contributed by atoms with Crippen LogP contribution >= 0.6 is 24.0 Å². The molecule has 0 unspecified atom stereocenters. The molecule has 0 spiro atoms. The van der Waals surface area contributed by atoms with E-state index in [9.17, 15) is 4.79 Å². The van der Waals surface area contributed by atoms with Crippen LogP contribution in [0.15, 0.2) is 59.7 Å². The second-order valence-electron chi connectivity index (χ2n) is 7.77. The largest absolute Gasteiger partial charge is 0.368 e. The molecule has 1 aromatic carbocycles. The molecule has 0 radical (unpaired) electrons. The third kappa shape index (κ3) is 6.02. The summed E-state index contributed by atoms with van der Waals surface area (Å²) in [6, 6.07) is 16.4. The zero-order chi connectivity index (χ0) is 21.5. The molecule has 0 bridgehead atoms. The van der Waals surface area contributed by atoms with Gasteiger partial charge in [-0.2, -0.15) is 0 Å². The highest BCUT2D eigenvalue weighted by Gasteiger charge is 2.23. The van der Waals surface area contributed by atoms with E-state index < -0.39 is 0 Å². The van der Waals surface area contributed by atoms with Crippen LogP contribution in [0.5, 0.6) is 0 Å². The molecule has 172 valence electrons. The van der Waals surface area contributed by atoms with E-state index in [1.807, 2.05) is 35.4 Å². The zero-order valence-corrected chi connectivity index (χ0v) is 20.9. The van der Waals surface area contributed by atoms with Gasteiger partial charge in [-0.1, -0.05) is 24.3 Å².